The van der Waals surface area contributed by atoms with Crippen LogP contribution in [0.5, 0.6) is 0 Å². The van der Waals surface area contributed by atoms with Crippen molar-refractivity contribution in [3.05, 3.63) is 36.1 Å². The molecule has 0 fully saturated rings. The number of esters is 1. The van der Waals surface area contributed by atoms with Crippen LogP contribution in [-0.4, -0.2) is 17.6 Å². The quantitative estimate of drug-likeness (QED) is 0.603. The van der Waals surface area contributed by atoms with Crippen LogP contribution in [0.2, 0.25) is 0 Å². The second kappa shape index (κ2) is 5.58. The summed E-state index contributed by atoms with van der Waals surface area (Å²) in [5.74, 6) is 0.961. The van der Waals surface area contributed by atoms with Crippen molar-refractivity contribution in [3.63, 3.8) is 0 Å². The Morgan fingerprint density at radius 1 is 1.53 bits per heavy atom. The van der Waals surface area contributed by atoms with Gasteiger partial charge in [-0.2, -0.15) is 4.98 Å². The molecule has 2 aromatic heterocycles. The minimum atomic E-state index is -0.471. The first-order chi connectivity index (χ1) is 8.29. The third-order valence-corrected chi connectivity index (χ3v) is 2.75. The highest BCUT2D eigenvalue weighted by molar-refractivity contribution is 7.98. The van der Waals surface area contributed by atoms with Crippen LogP contribution < -0.4 is 0 Å². The third-order valence-electron chi connectivity index (χ3n) is 1.89. The maximum Gasteiger partial charge on any atom is 0.360 e. The van der Waals surface area contributed by atoms with Gasteiger partial charge < -0.3 is 13.6 Å². The highest BCUT2D eigenvalue weighted by Crippen LogP contribution is 2.22. The molecule has 0 amide bonds. The molecule has 0 aliphatic heterocycles. The monoisotopic (exact) mass is 253 g/mol. The van der Waals surface area contributed by atoms with Crippen LogP contribution in [0.3, 0.4) is 0 Å². The van der Waals surface area contributed by atoms with Gasteiger partial charge in [0, 0.05) is 0 Å². The highest BCUT2D eigenvalue weighted by Gasteiger charge is 2.13. The Bertz CT molecular complexity index is 477. The van der Waals surface area contributed by atoms with Gasteiger partial charge in [-0.25, -0.2) is 4.79 Å². The van der Waals surface area contributed by atoms with Crippen molar-refractivity contribution in [1.82, 2.24) is 4.98 Å². The summed E-state index contributed by atoms with van der Waals surface area (Å²) in [5.41, 5.74) is 0.189. The van der Waals surface area contributed by atoms with Crippen LogP contribution in [0.1, 0.15) is 23.2 Å². The van der Waals surface area contributed by atoms with Crippen LogP contribution in [-0.2, 0) is 10.5 Å². The number of hydrogen-bond donors (Lipinski definition) is 0. The van der Waals surface area contributed by atoms with E-state index in [0.717, 1.165) is 5.76 Å². The number of thioether (sulfide) groups is 1. The fourth-order valence-corrected chi connectivity index (χ4v) is 1.86. The lowest BCUT2D eigenvalue weighted by Gasteiger charge is -1.95. The number of furan rings is 1. The first-order valence-corrected chi connectivity index (χ1v) is 6.06. The Labute approximate surface area is 102 Å². The molecular weight excluding hydrogens is 242 g/mol. The van der Waals surface area contributed by atoms with E-state index in [9.17, 15) is 4.79 Å². The number of carbonyl (C=O) groups excluding carboxylic acids is 1. The number of hydrogen-bond acceptors (Lipinski definition) is 6. The largest absolute Gasteiger partial charge is 0.468 e. The van der Waals surface area contributed by atoms with E-state index in [-0.39, 0.29) is 5.69 Å². The summed E-state index contributed by atoms with van der Waals surface area (Å²) in [6.45, 7) is 2.06. The van der Waals surface area contributed by atoms with Crippen molar-refractivity contribution in [3.8, 4) is 0 Å². The topological polar surface area (TPSA) is 65.5 Å². The van der Waals surface area contributed by atoms with Crippen molar-refractivity contribution in [2.24, 2.45) is 0 Å². The molecule has 0 saturated carbocycles. The Morgan fingerprint density at radius 3 is 3.12 bits per heavy atom. The van der Waals surface area contributed by atoms with Gasteiger partial charge in [0.05, 0.1) is 18.6 Å². The Morgan fingerprint density at radius 2 is 2.41 bits per heavy atom. The Balaban J connectivity index is 1.92. The number of oxazole rings is 1. The summed E-state index contributed by atoms with van der Waals surface area (Å²) in [7, 11) is 0. The first kappa shape index (κ1) is 11.8. The lowest BCUT2D eigenvalue weighted by Crippen LogP contribution is -2.04. The van der Waals surface area contributed by atoms with E-state index >= 15 is 0 Å². The minimum Gasteiger partial charge on any atom is -0.468 e. The van der Waals surface area contributed by atoms with Gasteiger partial charge in [-0.15, -0.1) is 0 Å². The molecule has 0 radical (unpaired) electrons. The fraction of sp³-hybridized carbons (Fsp3) is 0.273. The first-order valence-electron chi connectivity index (χ1n) is 5.07. The fourth-order valence-electron chi connectivity index (χ4n) is 1.15. The van der Waals surface area contributed by atoms with Crippen LogP contribution in [0.4, 0.5) is 0 Å². The molecule has 5 nitrogen and oxygen atoms in total. The molecule has 2 aromatic rings. The number of rotatable bonds is 5. The molecule has 0 aliphatic rings. The van der Waals surface area contributed by atoms with Crippen LogP contribution in [0, 0.1) is 0 Å². The lowest BCUT2D eigenvalue weighted by atomic mass is 10.5. The van der Waals surface area contributed by atoms with Crippen molar-refractivity contribution < 1.29 is 18.4 Å². The van der Waals surface area contributed by atoms with Crippen molar-refractivity contribution >= 4 is 17.7 Å². The molecule has 0 bridgehead atoms. The van der Waals surface area contributed by atoms with E-state index in [2.05, 4.69) is 4.98 Å². The third kappa shape index (κ3) is 3.13. The predicted molar refractivity (Wildman–Crippen MR) is 60.7 cm³/mol. The van der Waals surface area contributed by atoms with Crippen molar-refractivity contribution in [2.75, 3.05) is 6.61 Å². The second-order valence-corrected chi connectivity index (χ2v) is 4.01. The zero-order valence-corrected chi connectivity index (χ0v) is 10.0. The van der Waals surface area contributed by atoms with Gasteiger partial charge in [0.15, 0.2) is 5.69 Å². The number of nitrogens with zero attached hydrogens (tertiary/aromatic N) is 1. The average molecular weight is 253 g/mol. The zero-order valence-electron chi connectivity index (χ0n) is 9.21. The smallest absolute Gasteiger partial charge is 0.360 e. The molecule has 0 aliphatic carbocycles. The summed E-state index contributed by atoms with van der Waals surface area (Å²) in [5, 5.41) is 0.421. The van der Waals surface area contributed by atoms with Gasteiger partial charge >= 0.3 is 5.97 Å². The molecule has 0 unspecified atom stereocenters. The van der Waals surface area contributed by atoms with Gasteiger partial charge in [-0.1, -0.05) is 11.8 Å². The maximum absolute atomic E-state index is 11.3. The average Bonchev–Trinajstić information content (AvgIpc) is 2.98. The molecule has 17 heavy (non-hydrogen) atoms. The number of carbonyl (C=O) groups is 1. The second-order valence-electron chi connectivity index (χ2n) is 3.09. The van der Waals surface area contributed by atoms with E-state index < -0.39 is 5.97 Å². The number of ether oxygens (including phenoxy) is 1. The van der Waals surface area contributed by atoms with Crippen LogP contribution >= 0.6 is 11.8 Å². The summed E-state index contributed by atoms with van der Waals surface area (Å²) >= 11 is 1.36. The van der Waals surface area contributed by atoms with Gasteiger partial charge in [0.25, 0.3) is 5.22 Å². The maximum atomic E-state index is 11.3. The molecule has 90 valence electrons. The van der Waals surface area contributed by atoms with E-state index in [4.69, 9.17) is 13.6 Å². The molecule has 2 heterocycles. The Kier molecular flexibility index (Phi) is 3.87. The molecule has 0 atom stereocenters. The van der Waals surface area contributed by atoms with Crippen LogP contribution in [0.25, 0.3) is 0 Å². The van der Waals surface area contributed by atoms with E-state index in [0.29, 0.717) is 17.6 Å². The SMILES string of the molecule is CCOC(=O)c1coc(SCc2ccco2)n1. The molecule has 0 spiro atoms. The van der Waals surface area contributed by atoms with Crippen molar-refractivity contribution in [1.29, 1.82) is 0 Å². The number of aromatic nitrogens is 1. The molecule has 6 heteroatoms. The summed E-state index contributed by atoms with van der Waals surface area (Å²) in [6.07, 6.45) is 2.90. The van der Waals surface area contributed by atoms with E-state index in [1.54, 1.807) is 13.2 Å². The summed E-state index contributed by atoms with van der Waals surface area (Å²) < 4.78 is 15.1. The zero-order chi connectivity index (χ0) is 12.1. The molecular formula is C11H11NO4S. The van der Waals surface area contributed by atoms with Crippen LogP contribution in [0.15, 0.2) is 38.7 Å². The molecule has 0 N–H and O–H groups in total. The van der Waals surface area contributed by atoms with Gasteiger partial charge in [-0.3, -0.25) is 0 Å². The normalized spacial score (nSPS) is 10.4. The Hall–Kier alpha value is -1.69. The molecule has 2 rings (SSSR count). The van der Waals surface area contributed by atoms with E-state index in [1.807, 2.05) is 12.1 Å². The minimum absolute atomic E-state index is 0.189. The highest BCUT2D eigenvalue weighted by atomic mass is 32.2. The van der Waals surface area contributed by atoms with Gasteiger partial charge in [-0.05, 0) is 19.1 Å². The summed E-state index contributed by atoms with van der Waals surface area (Å²) in [4.78, 5) is 15.3. The van der Waals surface area contributed by atoms with E-state index in [1.165, 1.54) is 18.0 Å². The van der Waals surface area contributed by atoms with Crippen molar-refractivity contribution in [2.45, 2.75) is 17.9 Å². The summed E-state index contributed by atoms with van der Waals surface area (Å²) in [6, 6.07) is 3.68. The van der Waals surface area contributed by atoms with Gasteiger partial charge in [0.1, 0.15) is 12.0 Å². The molecule has 0 saturated heterocycles. The standard InChI is InChI=1S/C11H11NO4S/c1-2-14-10(13)9-6-16-11(12-9)17-7-8-4-3-5-15-8/h3-6H,2,7H2,1H3. The van der Waals surface area contributed by atoms with Gasteiger partial charge in [0.2, 0.25) is 0 Å². The lowest BCUT2D eigenvalue weighted by molar-refractivity contribution is 0.0519. The molecule has 0 aromatic carbocycles. The predicted octanol–water partition coefficient (Wildman–Crippen LogP) is 2.74.